The van der Waals surface area contributed by atoms with Crippen LogP contribution in [0.25, 0.3) is 0 Å². The Morgan fingerprint density at radius 3 is 2.24 bits per heavy atom. The maximum atomic E-state index is 11.5. The molecule has 0 aliphatic heterocycles. The monoisotopic (exact) mass is 301 g/mol. The molecule has 21 heavy (non-hydrogen) atoms. The number of nitrogens with zero attached hydrogens (tertiary/aromatic N) is 1. The van der Waals surface area contributed by atoms with Crippen molar-refractivity contribution in [1.82, 2.24) is 15.5 Å². The van der Waals surface area contributed by atoms with Gasteiger partial charge in [0.25, 0.3) is 0 Å². The van der Waals surface area contributed by atoms with Crippen LogP contribution in [0.4, 0.5) is 4.79 Å². The van der Waals surface area contributed by atoms with Crippen molar-refractivity contribution in [2.45, 2.75) is 59.1 Å². The maximum absolute atomic E-state index is 11.5. The van der Waals surface area contributed by atoms with Crippen LogP contribution in [0.5, 0.6) is 0 Å². The molecule has 0 saturated carbocycles. The molecule has 2 amide bonds. The van der Waals surface area contributed by atoms with Crippen molar-refractivity contribution in [2.75, 3.05) is 26.7 Å². The molecule has 0 fully saturated rings. The molecule has 0 aliphatic carbocycles. The summed E-state index contributed by atoms with van der Waals surface area (Å²) >= 11 is 0. The van der Waals surface area contributed by atoms with Crippen LogP contribution in [-0.2, 0) is 9.53 Å². The third kappa shape index (κ3) is 12.2. The molecule has 0 atom stereocenters. The standard InChI is InChI=1S/C15H31N3O3/c1-12(2)18(5)11-7-6-9-16-15(20)17-10-8-14(19)21-13(3)4/h12-13H,6-11H2,1-5H3,(H2,16,17,20). The molecule has 0 aromatic rings. The van der Waals surface area contributed by atoms with Crippen molar-refractivity contribution in [3.05, 3.63) is 0 Å². The molecule has 0 rings (SSSR count). The zero-order valence-corrected chi connectivity index (χ0v) is 14.1. The molecule has 0 bridgehead atoms. The fourth-order valence-corrected chi connectivity index (χ4v) is 1.61. The smallest absolute Gasteiger partial charge is 0.314 e. The number of carbonyl (C=O) groups excluding carboxylic acids is 2. The van der Waals surface area contributed by atoms with Crippen molar-refractivity contribution >= 4 is 12.0 Å². The van der Waals surface area contributed by atoms with Crippen LogP contribution < -0.4 is 10.6 Å². The van der Waals surface area contributed by atoms with Crippen molar-refractivity contribution in [1.29, 1.82) is 0 Å². The lowest BCUT2D eigenvalue weighted by molar-refractivity contribution is -0.147. The molecular formula is C15H31N3O3. The van der Waals surface area contributed by atoms with E-state index in [1.165, 1.54) is 0 Å². The molecule has 0 spiro atoms. The summed E-state index contributed by atoms with van der Waals surface area (Å²) in [6.45, 7) is 9.90. The minimum absolute atomic E-state index is 0.115. The highest BCUT2D eigenvalue weighted by Crippen LogP contribution is 1.97. The Morgan fingerprint density at radius 2 is 1.67 bits per heavy atom. The first-order valence-electron chi connectivity index (χ1n) is 7.74. The van der Waals surface area contributed by atoms with E-state index in [2.05, 4.69) is 36.4 Å². The number of unbranched alkanes of at least 4 members (excludes halogenated alkanes) is 1. The van der Waals surface area contributed by atoms with Crippen molar-refractivity contribution in [2.24, 2.45) is 0 Å². The van der Waals surface area contributed by atoms with Gasteiger partial charge >= 0.3 is 12.0 Å². The molecule has 0 aliphatic rings. The van der Waals surface area contributed by atoms with Gasteiger partial charge in [-0.15, -0.1) is 0 Å². The summed E-state index contributed by atoms with van der Waals surface area (Å²) in [6.07, 6.45) is 2.08. The highest BCUT2D eigenvalue weighted by atomic mass is 16.5. The van der Waals surface area contributed by atoms with Gasteiger partial charge < -0.3 is 20.3 Å². The molecule has 2 N–H and O–H groups in total. The van der Waals surface area contributed by atoms with Crippen molar-refractivity contribution in [3.63, 3.8) is 0 Å². The third-order valence-corrected chi connectivity index (χ3v) is 3.09. The largest absolute Gasteiger partial charge is 0.463 e. The predicted molar refractivity (Wildman–Crippen MR) is 84.2 cm³/mol. The maximum Gasteiger partial charge on any atom is 0.314 e. The van der Waals surface area contributed by atoms with Crippen molar-refractivity contribution < 1.29 is 14.3 Å². The Labute approximate surface area is 128 Å². The van der Waals surface area contributed by atoms with E-state index >= 15 is 0 Å². The molecule has 6 nitrogen and oxygen atoms in total. The average Bonchev–Trinajstić information content (AvgIpc) is 2.36. The zero-order chi connectivity index (χ0) is 16.3. The lowest BCUT2D eigenvalue weighted by Gasteiger charge is -2.20. The number of carbonyl (C=O) groups is 2. The van der Waals surface area contributed by atoms with Crippen LogP contribution >= 0.6 is 0 Å². The van der Waals surface area contributed by atoms with Gasteiger partial charge in [0.2, 0.25) is 0 Å². The Morgan fingerprint density at radius 1 is 1.05 bits per heavy atom. The normalized spacial score (nSPS) is 11.0. The lowest BCUT2D eigenvalue weighted by atomic mass is 10.2. The first-order valence-corrected chi connectivity index (χ1v) is 7.74. The summed E-state index contributed by atoms with van der Waals surface area (Å²) in [7, 11) is 2.10. The summed E-state index contributed by atoms with van der Waals surface area (Å²) in [5.41, 5.74) is 0. The fraction of sp³-hybridized carbons (Fsp3) is 0.867. The van der Waals surface area contributed by atoms with Gasteiger partial charge in [0.15, 0.2) is 0 Å². The average molecular weight is 301 g/mol. The van der Waals surface area contributed by atoms with Crippen LogP contribution in [0.3, 0.4) is 0 Å². The number of urea groups is 1. The number of nitrogens with one attached hydrogen (secondary N) is 2. The van der Waals surface area contributed by atoms with Gasteiger partial charge in [0.05, 0.1) is 12.5 Å². The van der Waals surface area contributed by atoms with Crippen LogP contribution in [0.2, 0.25) is 0 Å². The number of hydrogen-bond acceptors (Lipinski definition) is 4. The van der Waals surface area contributed by atoms with Gasteiger partial charge in [-0.3, -0.25) is 4.79 Å². The number of hydrogen-bond donors (Lipinski definition) is 2. The summed E-state index contributed by atoms with van der Waals surface area (Å²) in [4.78, 5) is 25.0. The second-order valence-corrected chi connectivity index (χ2v) is 5.75. The molecule has 6 heteroatoms. The second kappa shape index (κ2) is 11.4. The third-order valence-electron chi connectivity index (χ3n) is 3.09. The lowest BCUT2D eigenvalue weighted by Crippen LogP contribution is -2.37. The summed E-state index contributed by atoms with van der Waals surface area (Å²) in [6, 6.07) is 0.316. The van der Waals surface area contributed by atoms with Gasteiger partial charge in [0.1, 0.15) is 0 Å². The number of esters is 1. The van der Waals surface area contributed by atoms with Crippen molar-refractivity contribution in [3.8, 4) is 0 Å². The van der Waals surface area contributed by atoms with E-state index in [-0.39, 0.29) is 24.5 Å². The quantitative estimate of drug-likeness (QED) is 0.476. The molecule has 0 unspecified atom stereocenters. The van der Waals surface area contributed by atoms with E-state index in [0.29, 0.717) is 19.1 Å². The first kappa shape index (κ1) is 19.7. The summed E-state index contributed by atoms with van der Waals surface area (Å²) in [5, 5.41) is 5.42. The van der Waals surface area contributed by atoms with Gasteiger partial charge in [-0.1, -0.05) is 0 Å². The Balaban J connectivity index is 3.49. The minimum Gasteiger partial charge on any atom is -0.463 e. The van der Waals surface area contributed by atoms with Gasteiger partial charge in [-0.05, 0) is 54.1 Å². The molecular weight excluding hydrogens is 270 g/mol. The molecule has 0 aromatic heterocycles. The van der Waals surface area contributed by atoms with E-state index in [0.717, 1.165) is 19.4 Å². The highest BCUT2D eigenvalue weighted by molar-refractivity contribution is 5.75. The number of amides is 2. The fourth-order valence-electron chi connectivity index (χ4n) is 1.61. The minimum atomic E-state index is -0.290. The van der Waals surface area contributed by atoms with E-state index in [4.69, 9.17) is 4.74 Å². The van der Waals surface area contributed by atoms with Crippen LogP contribution in [0.15, 0.2) is 0 Å². The number of rotatable bonds is 10. The van der Waals surface area contributed by atoms with Gasteiger partial charge in [0, 0.05) is 19.1 Å². The molecule has 0 radical (unpaired) electrons. The number of ether oxygens (including phenoxy) is 1. The van der Waals surface area contributed by atoms with Gasteiger partial charge in [-0.2, -0.15) is 0 Å². The molecule has 0 aromatic carbocycles. The topological polar surface area (TPSA) is 70.7 Å². The van der Waals surface area contributed by atoms with Crippen LogP contribution in [-0.4, -0.2) is 55.7 Å². The van der Waals surface area contributed by atoms with Crippen LogP contribution in [0, 0.1) is 0 Å². The summed E-state index contributed by atoms with van der Waals surface area (Å²) < 4.78 is 4.97. The highest BCUT2D eigenvalue weighted by Gasteiger charge is 2.06. The van der Waals surface area contributed by atoms with E-state index in [1.54, 1.807) is 13.8 Å². The molecule has 124 valence electrons. The molecule has 0 heterocycles. The summed E-state index contributed by atoms with van der Waals surface area (Å²) in [5.74, 6) is -0.290. The van der Waals surface area contributed by atoms with E-state index in [9.17, 15) is 9.59 Å². The SMILES string of the molecule is CC(C)OC(=O)CCNC(=O)NCCCCN(C)C(C)C. The first-order chi connectivity index (χ1) is 9.82. The Bertz CT molecular complexity index is 307. The van der Waals surface area contributed by atoms with Gasteiger partial charge in [-0.25, -0.2) is 4.79 Å². The predicted octanol–water partition coefficient (Wildman–Crippen LogP) is 1.75. The van der Waals surface area contributed by atoms with E-state index in [1.807, 2.05) is 0 Å². The Hall–Kier alpha value is -1.30. The zero-order valence-electron chi connectivity index (χ0n) is 14.1. The Kier molecular flexibility index (Phi) is 10.7. The second-order valence-electron chi connectivity index (χ2n) is 5.75. The van der Waals surface area contributed by atoms with E-state index < -0.39 is 0 Å². The van der Waals surface area contributed by atoms with Crippen LogP contribution in [0.1, 0.15) is 47.0 Å². The molecule has 0 saturated heterocycles.